The number of amides is 1. The number of nitrogens with zero attached hydrogens (tertiary/aromatic N) is 3. The number of rotatable bonds is 4. The van der Waals surface area contributed by atoms with Crippen molar-refractivity contribution in [2.45, 2.75) is 50.0 Å². The molecular weight excluding hydrogens is 376 g/mol. The van der Waals surface area contributed by atoms with Gasteiger partial charge in [-0.1, -0.05) is 6.07 Å². The molecule has 0 radical (unpaired) electrons. The zero-order valence-electron chi connectivity index (χ0n) is 16.0. The van der Waals surface area contributed by atoms with Gasteiger partial charge in [0.2, 0.25) is 0 Å². The fraction of sp³-hybridized carbons (Fsp3) is 0.550. The van der Waals surface area contributed by atoms with Crippen LogP contribution in [0.4, 0.5) is 0 Å². The Morgan fingerprint density at radius 3 is 2.89 bits per heavy atom. The lowest BCUT2D eigenvalue weighted by Gasteiger charge is -2.51. The summed E-state index contributed by atoms with van der Waals surface area (Å²) in [7, 11) is 0. The van der Waals surface area contributed by atoms with E-state index in [-0.39, 0.29) is 11.5 Å². The second-order valence-corrected chi connectivity index (χ2v) is 8.98. The summed E-state index contributed by atoms with van der Waals surface area (Å²) in [6.07, 6.45) is 5.78. The minimum absolute atomic E-state index is 0.287. The van der Waals surface area contributed by atoms with E-state index in [1.807, 2.05) is 11.7 Å². The van der Waals surface area contributed by atoms with Crippen molar-refractivity contribution >= 4 is 17.2 Å². The molecule has 8 heteroatoms. The van der Waals surface area contributed by atoms with E-state index in [1.54, 1.807) is 42.7 Å². The van der Waals surface area contributed by atoms with E-state index in [4.69, 9.17) is 4.74 Å². The Morgan fingerprint density at radius 2 is 2.25 bits per heavy atom. The third-order valence-electron chi connectivity index (χ3n) is 5.82. The van der Waals surface area contributed by atoms with E-state index in [0.717, 1.165) is 32.5 Å². The number of pyridine rings is 1. The van der Waals surface area contributed by atoms with Crippen molar-refractivity contribution in [1.29, 1.82) is 0 Å². The number of likely N-dealkylation sites (tertiary alicyclic amines) is 1. The highest BCUT2D eigenvalue weighted by Crippen LogP contribution is 2.40. The fourth-order valence-electron chi connectivity index (χ4n) is 4.17. The molecule has 2 aliphatic rings. The summed E-state index contributed by atoms with van der Waals surface area (Å²) in [5.41, 5.74) is 0.860. The van der Waals surface area contributed by atoms with Gasteiger partial charge >= 0.3 is 0 Å². The van der Waals surface area contributed by atoms with Crippen LogP contribution in [0.25, 0.3) is 0 Å². The van der Waals surface area contributed by atoms with E-state index in [0.29, 0.717) is 18.7 Å². The van der Waals surface area contributed by atoms with E-state index >= 15 is 0 Å². The maximum atomic E-state index is 12.4. The van der Waals surface area contributed by atoms with Crippen molar-refractivity contribution in [3.05, 3.63) is 46.7 Å². The van der Waals surface area contributed by atoms with Crippen molar-refractivity contribution in [3.8, 4) is 0 Å². The number of hydrogen-bond donors (Lipinski definition) is 2. The van der Waals surface area contributed by atoms with Crippen molar-refractivity contribution in [1.82, 2.24) is 20.2 Å². The molecule has 28 heavy (non-hydrogen) atoms. The van der Waals surface area contributed by atoms with Gasteiger partial charge in [-0.3, -0.25) is 19.7 Å². The van der Waals surface area contributed by atoms with Gasteiger partial charge in [0.25, 0.3) is 5.91 Å². The molecule has 2 saturated heterocycles. The number of carbonyl (C=O) groups is 1. The van der Waals surface area contributed by atoms with Crippen LogP contribution in [0.2, 0.25) is 0 Å². The van der Waals surface area contributed by atoms with Gasteiger partial charge < -0.3 is 15.2 Å². The maximum absolute atomic E-state index is 12.4. The second kappa shape index (κ2) is 7.87. The van der Waals surface area contributed by atoms with Crippen LogP contribution >= 0.6 is 11.3 Å². The molecule has 7 nitrogen and oxygen atoms in total. The molecule has 1 spiro atoms. The first-order chi connectivity index (χ1) is 13.5. The fourth-order valence-corrected chi connectivity index (χ4v) is 4.81. The third-order valence-corrected chi connectivity index (χ3v) is 6.58. The van der Waals surface area contributed by atoms with Crippen LogP contribution in [0, 0.1) is 0 Å². The first-order valence-corrected chi connectivity index (χ1v) is 10.5. The zero-order valence-corrected chi connectivity index (χ0v) is 16.8. The summed E-state index contributed by atoms with van der Waals surface area (Å²) in [6.45, 7) is 4.88. The molecule has 0 aromatic carbocycles. The van der Waals surface area contributed by atoms with Crippen molar-refractivity contribution < 1.29 is 14.6 Å². The number of nitrogens with one attached hydrogen (secondary N) is 1. The highest BCUT2D eigenvalue weighted by Gasteiger charge is 2.49. The van der Waals surface area contributed by atoms with Gasteiger partial charge in [-0.25, -0.2) is 0 Å². The average Bonchev–Trinajstić information content (AvgIpc) is 3.19. The molecule has 2 fully saturated rings. The third kappa shape index (κ3) is 4.25. The van der Waals surface area contributed by atoms with Crippen molar-refractivity contribution in [3.63, 3.8) is 0 Å². The number of piperidine rings is 1. The van der Waals surface area contributed by atoms with Gasteiger partial charge in [-0.2, -0.15) is 0 Å². The Balaban J connectivity index is 1.34. The minimum atomic E-state index is -1.03. The minimum Gasteiger partial charge on any atom is -0.388 e. The Hall–Kier alpha value is -1.87. The van der Waals surface area contributed by atoms with Crippen molar-refractivity contribution in [2.75, 3.05) is 19.7 Å². The van der Waals surface area contributed by atoms with Crippen molar-refractivity contribution in [2.24, 2.45) is 0 Å². The van der Waals surface area contributed by atoms with E-state index in [2.05, 4.69) is 20.2 Å². The highest BCUT2D eigenvalue weighted by atomic mass is 32.1. The van der Waals surface area contributed by atoms with Crippen LogP contribution in [-0.4, -0.2) is 62.8 Å². The van der Waals surface area contributed by atoms with Gasteiger partial charge in [-0.15, -0.1) is 11.3 Å². The average molecular weight is 403 g/mol. The molecule has 150 valence electrons. The summed E-state index contributed by atoms with van der Waals surface area (Å²) in [5.74, 6) is -0.287. The molecule has 0 bridgehead atoms. The van der Waals surface area contributed by atoms with Gasteiger partial charge in [0.1, 0.15) is 5.69 Å². The lowest BCUT2D eigenvalue weighted by molar-refractivity contribution is -0.186. The highest BCUT2D eigenvalue weighted by molar-refractivity contribution is 7.09. The summed E-state index contributed by atoms with van der Waals surface area (Å²) < 4.78 is 6.24. The van der Waals surface area contributed by atoms with E-state index < -0.39 is 11.6 Å². The number of aromatic nitrogens is 2. The molecule has 2 aromatic heterocycles. The Bertz CT molecular complexity index is 789. The van der Waals surface area contributed by atoms with Gasteiger partial charge in [0.15, 0.2) is 0 Å². The van der Waals surface area contributed by atoms with Gasteiger partial charge in [0.05, 0.1) is 29.4 Å². The van der Waals surface area contributed by atoms with E-state index in [9.17, 15) is 9.90 Å². The lowest BCUT2D eigenvalue weighted by Crippen LogP contribution is -2.63. The van der Waals surface area contributed by atoms with Crippen LogP contribution < -0.4 is 5.32 Å². The standard InChI is InChI=1S/C20H26N4O3S/c1-19(26)13-20(5-8-24(9-6-20)11-15-10-21-14-28-15)27-12-17(19)23-18(25)16-4-2-3-7-22-16/h2-4,7,10,14,17,26H,5-6,8-9,11-13H2,1H3,(H,23,25)/t17-,19-/m0/s1. The van der Waals surface area contributed by atoms with Crippen LogP contribution in [-0.2, 0) is 11.3 Å². The second-order valence-electron chi connectivity index (χ2n) is 8.01. The summed E-state index contributed by atoms with van der Waals surface area (Å²) in [6, 6.07) is 4.74. The number of thiazole rings is 1. The van der Waals surface area contributed by atoms with Crippen LogP contribution in [0.3, 0.4) is 0 Å². The predicted molar refractivity (Wildman–Crippen MR) is 106 cm³/mol. The van der Waals surface area contributed by atoms with Crippen LogP contribution in [0.5, 0.6) is 0 Å². The first-order valence-electron chi connectivity index (χ1n) is 9.64. The molecule has 0 saturated carbocycles. The molecule has 2 aliphatic heterocycles. The molecule has 4 rings (SSSR count). The number of ether oxygens (including phenoxy) is 1. The molecule has 4 heterocycles. The molecule has 0 unspecified atom stereocenters. The molecule has 0 aliphatic carbocycles. The Kier molecular flexibility index (Phi) is 5.46. The van der Waals surface area contributed by atoms with Gasteiger partial charge in [-0.05, 0) is 31.9 Å². The van der Waals surface area contributed by atoms with Crippen LogP contribution in [0.1, 0.15) is 41.6 Å². The van der Waals surface area contributed by atoms with Crippen LogP contribution in [0.15, 0.2) is 36.1 Å². The number of carbonyl (C=O) groups excluding carboxylic acids is 1. The SMILES string of the molecule is C[C@]1(O)CC2(CCN(Cc3cncs3)CC2)OC[C@@H]1NC(=O)c1ccccn1. The normalized spacial score (nSPS) is 27.6. The van der Waals surface area contributed by atoms with E-state index in [1.165, 1.54) is 4.88 Å². The molecule has 2 N–H and O–H groups in total. The zero-order chi connectivity index (χ0) is 19.6. The number of aliphatic hydroxyl groups is 1. The monoisotopic (exact) mass is 402 g/mol. The maximum Gasteiger partial charge on any atom is 0.270 e. The smallest absolute Gasteiger partial charge is 0.270 e. The predicted octanol–water partition coefficient (Wildman–Crippen LogP) is 1.84. The molecule has 1 amide bonds. The summed E-state index contributed by atoms with van der Waals surface area (Å²) >= 11 is 1.68. The topological polar surface area (TPSA) is 87.6 Å². The summed E-state index contributed by atoms with van der Waals surface area (Å²) in [5, 5.41) is 14.0. The molecule has 2 aromatic rings. The Labute approximate surface area is 168 Å². The lowest BCUT2D eigenvalue weighted by atomic mass is 9.75. The van der Waals surface area contributed by atoms with Gasteiger partial charge in [0, 0.05) is 43.3 Å². The number of hydrogen-bond acceptors (Lipinski definition) is 7. The molecular formula is C20H26N4O3S. The first kappa shape index (κ1) is 19.4. The quantitative estimate of drug-likeness (QED) is 0.812. The Morgan fingerprint density at radius 1 is 1.43 bits per heavy atom. The largest absolute Gasteiger partial charge is 0.388 e. The summed E-state index contributed by atoms with van der Waals surface area (Å²) in [4.78, 5) is 24.3. The molecule has 2 atom stereocenters.